The monoisotopic (exact) mass is 294 g/mol. The molecule has 2 rings (SSSR count). The molecule has 0 spiro atoms. The predicted octanol–water partition coefficient (Wildman–Crippen LogP) is -0.357. The molecule has 0 aliphatic carbocycles. The number of hydrogen-bond acceptors (Lipinski definition) is 6. The summed E-state index contributed by atoms with van der Waals surface area (Å²) in [5.74, 6) is -1.70. The summed E-state index contributed by atoms with van der Waals surface area (Å²) in [5, 5.41) is 28.6. The minimum absolute atomic E-state index is 0.0616. The molecular formula is C10H10N6O5. The van der Waals surface area contributed by atoms with Crippen LogP contribution < -0.4 is 5.32 Å². The Kier molecular flexibility index (Phi) is 3.92. The van der Waals surface area contributed by atoms with E-state index in [-0.39, 0.29) is 30.2 Å². The number of hydrogen-bond donors (Lipinski definition) is 3. The summed E-state index contributed by atoms with van der Waals surface area (Å²) in [4.78, 5) is 34.6. The van der Waals surface area contributed by atoms with E-state index in [1.54, 1.807) is 0 Å². The Balaban J connectivity index is 1.85. The largest absolute Gasteiger partial charge is 0.476 e. The maximum Gasteiger partial charge on any atom is 0.358 e. The van der Waals surface area contributed by atoms with Gasteiger partial charge in [-0.25, -0.2) is 9.48 Å². The lowest BCUT2D eigenvalue weighted by Crippen LogP contribution is -2.27. The quantitative estimate of drug-likeness (QED) is 0.485. The van der Waals surface area contributed by atoms with Gasteiger partial charge >= 0.3 is 5.97 Å². The van der Waals surface area contributed by atoms with Gasteiger partial charge in [-0.05, 0) is 0 Å². The number of nitro groups is 1. The fraction of sp³-hybridized carbons (Fsp3) is 0.200. The van der Waals surface area contributed by atoms with Crippen molar-refractivity contribution < 1.29 is 19.6 Å². The molecule has 0 unspecified atom stereocenters. The third kappa shape index (κ3) is 3.40. The Labute approximate surface area is 116 Å². The number of rotatable bonds is 6. The Morgan fingerprint density at radius 1 is 1.52 bits per heavy atom. The van der Waals surface area contributed by atoms with E-state index in [1.807, 2.05) is 0 Å². The van der Waals surface area contributed by atoms with E-state index in [0.29, 0.717) is 0 Å². The molecule has 11 heteroatoms. The van der Waals surface area contributed by atoms with Crippen LogP contribution in [0.15, 0.2) is 18.5 Å². The van der Waals surface area contributed by atoms with Gasteiger partial charge in [0.05, 0.1) is 23.9 Å². The molecule has 110 valence electrons. The summed E-state index contributed by atoms with van der Waals surface area (Å²) in [5.41, 5.74) is -0.338. The minimum Gasteiger partial charge on any atom is -0.476 e. The Morgan fingerprint density at radius 2 is 2.29 bits per heavy atom. The van der Waals surface area contributed by atoms with Gasteiger partial charge < -0.3 is 15.4 Å². The molecule has 0 fully saturated rings. The van der Waals surface area contributed by atoms with E-state index in [9.17, 15) is 19.7 Å². The first-order valence-corrected chi connectivity index (χ1v) is 5.72. The van der Waals surface area contributed by atoms with Crippen LogP contribution in [0.3, 0.4) is 0 Å². The molecule has 0 atom stereocenters. The summed E-state index contributed by atoms with van der Waals surface area (Å²) in [6.45, 7) is 0.378. The number of aromatic amines is 1. The second-order valence-electron chi connectivity index (χ2n) is 3.96. The summed E-state index contributed by atoms with van der Waals surface area (Å²) in [7, 11) is 0. The maximum atomic E-state index is 11.7. The van der Waals surface area contributed by atoms with Crippen LogP contribution in [0.4, 0.5) is 5.69 Å². The number of carbonyl (C=O) groups is 2. The van der Waals surface area contributed by atoms with Gasteiger partial charge in [0, 0.05) is 12.6 Å². The molecule has 0 radical (unpaired) electrons. The molecule has 2 aromatic rings. The highest BCUT2D eigenvalue weighted by Crippen LogP contribution is 2.11. The van der Waals surface area contributed by atoms with Gasteiger partial charge in [0.25, 0.3) is 11.6 Å². The maximum absolute atomic E-state index is 11.7. The molecule has 0 bridgehead atoms. The average molecular weight is 294 g/mol. The Morgan fingerprint density at radius 3 is 2.86 bits per heavy atom. The van der Waals surface area contributed by atoms with E-state index in [2.05, 4.69) is 20.6 Å². The molecule has 21 heavy (non-hydrogen) atoms. The third-order valence-electron chi connectivity index (χ3n) is 2.51. The SMILES string of the molecule is O=C(O)c1cn(CCNC(=O)c2cc([N+](=O)[O-])c[nH]2)nn1. The number of carboxylic acids is 1. The highest BCUT2D eigenvalue weighted by molar-refractivity contribution is 5.93. The van der Waals surface area contributed by atoms with Crippen LogP contribution in [0.2, 0.25) is 0 Å². The van der Waals surface area contributed by atoms with Gasteiger partial charge in [0.1, 0.15) is 5.69 Å². The highest BCUT2D eigenvalue weighted by atomic mass is 16.6. The van der Waals surface area contributed by atoms with Gasteiger partial charge in [-0.1, -0.05) is 5.21 Å². The normalized spacial score (nSPS) is 10.3. The number of amides is 1. The lowest BCUT2D eigenvalue weighted by Gasteiger charge is -2.02. The molecule has 11 nitrogen and oxygen atoms in total. The van der Waals surface area contributed by atoms with Crippen molar-refractivity contribution in [3.8, 4) is 0 Å². The highest BCUT2D eigenvalue weighted by Gasteiger charge is 2.14. The van der Waals surface area contributed by atoms with Gasteiger partial charge in [-0.2, -0.15) is 0 Å². The van der Waals surface area contributed by atoms with Crippen LogP contribution in [-0.4, -0.2) is 48.4 Å². The molecular weight excluding hydrogens is 284 g/mol. The van der Waals surface area contributed by atoms with Crippen LogP contribution in [-0.2, 0) is 6.54 Å². The van der Waals surface area contributed by atoms with E-state index < -0.39 is 16.8 Å². The van der Waals surface area contributed by atoms with Crippen LogP contribution in [0.25, 0.3) is 0 Å². The second-order valence-corrected chi connectivity index (χ2v) is 3.96. The Bertz CT molecular complexity index is 690. The topological polar surface area (TPSA) is 156 Å². The average Bonchev–Trinajstić information content (AvgIpc) is 3.07. The third-order valence-corrected chi connectivity index (χ3v) is 2.51. The molecule has 0 saturated carbocycles. The zero-order valence-electron chi connectivity index (χ0n) is 10.5. The van der Waals surface area contributed by atoms with E-state index in [1.165, 1.54) is 10.9 Å². The zero-order valence-corrected chi connectivity index (χ0v) is 10.5. The molecule has 0 aliphatic heterocycles. The molecule has 2 heterocycles. The summed E-state index contributed by atoms with van der Waals surface area (Å²) >= 11 is 0. The number of aromatic nitrogens is 4. The first-order valence-electron chi connectivity index (χ1n) is 5.72. The molecule has 0 aromatic carbocycles. The fourth-order valence-electron chi connectivity index (χ4n) is 1.50. The van der Waals surface area contributed by atoms with Gasteiger partial charge in [0.15, 0.2) is 5.69 Å². The number of carbonyl (C=O) groups excluding carboxylic acids is 1. The van der Waals surface area contributed by atoms with Crippen molar-refractivity contribution in [1.29, 1.82) is 0 Å². The second kappa shape index (κ2) is 5.81. The number of nitrogens with zero attached hydrogens (tertiary/aromatic N) is 4. The van der Waals surface area contributed by atoms with Gasteiger partial charge in [0.2, 0.25) is 0 Å². The number of nitrogens with one attached hydrogen (secondary N) is 2. The zero-order chi connectivity index (χ0) is 15.4. The lowest BCUT2D eigenvalue weighted by atomic mass is 10.4. The standard InChI is InChI=1S/C10H10N6O5/c17-9(7-3-6(4-12-7)16(20)21)11-1-2-15-5-8(10(18)19)13-14-15/h3-5,12H,1-2H2,(H,11,17)(H,18,19). The van der Waals surface area contributed by atoms with Crippen LogP contribution in [0.1, 0.15) is 21.0 Å². The summed E-state index contributed by atoms with van der Waals surface area (Å²) in [6.07, 6.45) is 2.35. The van der Waals surface area contributed by atoms with Crippen molar-refractivity contribution in [3.63, 3.8) is 0 Å². The van der Waals surface area contributed by atoms with E-state index >= 15 is 0 Å². The minimum atomic E-state index is -1.19. The predicted molar refractivity (Wildman–Crippen MR) is 66.8 cm³/mol. The molecule has 3 N–H and O–H groups in total. The first-order chi connectivity index (χ1) is 9.97. The number of H-pyrrole nitrogens is 1. The van der Waals surface area contributed by atoms with E-state index in [0.717, 1.165) is 12.3 Å². The van der Waals surface area contributed by atoms with Crippen molar-refractivity contribution in [2.75, 3.05) is 6.54 Å². The van der Waals surface area contributed by atoms with Crippen LogP contribution >= 0.6 is 0 Å². The van der Waals surface area contributed by atoms with Crippen LogP contribution in [0, 0.1) is 10.1 Å². The van der Waals surface area contributed by atoms with Crippen molar-refractivity contribution in [1.82, 2.24) is 25.3 Å². The molecule has 0 aliphatic rings. The lowest BCUT2D eigenvalue weighted by molar-refractivity contribution is -0.384. The fourth-order valence-corrected chi connectivity index (χ4v) is 1.50. The molecule has 0 saturated heterocycles. The van der Waals surface area contributed by atoms with Gasteiger partial charge in [-0.3, -0.25) is 14.9 Å². The molecule has 2 aromatic heterocycles. The number of aromatic carboxylic acids is 1. The summed E-state index contributed by atoms with van der Waals surface area (Å²) < 4.78 is 1.26. The summed E-state index contributed by atoms with van der Waals surface area (Å²) in [6, 6.07) is 1.12. The van der Waals surface area contributed by atoms with Crippen molar-refractivity contribution in [2.45, 2.75) is 6.54 Å². The smallest absolute Gasteiger partial charge is 0.358 e. The van der Waals surface area contributed by atoms with Gasteiger partial charge in [-0.15, -0.1) is 5.10 Å². The van der Waals surface area contributed by atoms with Crippen molar-refractivity contribution >= 4 is 17.6 Å². The first kappa shape index (κ1) is 14.2. The van der Waals surface area contributed by atoms with Crippen LogP contribution in [0.5, 0.6) is 0 Å². The Hall–Kier alpha value is -3.24. The van der Waals surface area contributed by atoms with E-state index in [4.69, 9.17) is 5.11 Å². The van der Waals surface area contributed by atoms with Crippen molar-refractivity contribution in [3.05, 3.63) is 40.0 Å². The molecule has 1 amide bonds. The number of carboxylic acid groups (broad SMARTS) is 1. The van der Waals surface area contributed by atoms with Crippen molar-refractivity contribution in [2.24, 2.45) is 0 Å².